The average Bonchev–Trinajstić information content (AvgIpc) is 3.22. The summed E-state index contributed by atoms with van der Waals surface area (Å²) in [6.07, 6.45) is -1.01. The molecule has 0 radical (unpaired) electrons. The molecule has 18 nitrogen and oxygen atoms in total. The molecule has 36 heavy (non-hydrogen) atoms. The first-order chi connectivity index (χ1) is 16.4. The van der Waals surface area contributed by atoms with Crippen molar-refractivity contribution in [3.63, 3.8) is 0 Å². The Bertz CT molecular complexity index is 1300. The zero-order chi connectivity index (χ0) is 27.3. The maximum Gasteiger partial charge on any atom is 0.490 e. The van der Waals surface area contributed by atoms with Crippen molar-refractivity contribution >= 4 is 46.4 Å². The number of hydrogen-bond donors (Lipinski definition) is 6. The summed E-state index contributed by atoms with van der Waals surface area (Å²) in [4.78, 5) is 50.5. The summed E-state index contributed by atoms with van der Waals surface area (Å²) < 4.78 is 53.6. The first kappa shape index (κ1) is 28.8. The van der Waals surface area contributed by atoms with Crippen molar-refractivity contribution < 1.29 is 56.3 Å². The van der Waals surface area contributed by atoms with Gasteiger partial charge in [0, 0.05) is 14.1 Å². The largest absolute Gasteiger partial charge is 0.490 e. The van der Waals surface area contributed by atoms with Crippen molar-refractivity contribution in [3.05, 3.63) is 19.0 Å². The number of imidazole rings is 1. The maximum absolute atomic E-state index is 12.1. The molecule has 3 rings (SSSR count). The lowest BCUT2D eigenvalue weighted by molar-refractivity contribution is -0.0464. The number of rotatable bonds is 10. The van der Waals surface area contributed by atoms with Crippen LogP contribution in [0.4, 0.5) is 11.8 Å². The third-order valence-corrected chi connectivity index (χ3v) is 8.98. The van der Waals surface area contributed by atoms with E-state index in [-0.39, 0.29) is 11.6 Å². The van der Waals surface area contributed by atoms with Crippen LogP contribution in [-0.4, -0.2) is 77.1 Å². The molecule has 1 aliphatic rings. The topological polar surface area (TPSA) is 262 Å². The number of phosphoric ester groups is 1. The number of hydrogen-bond acceptors (Lipinski definition) is 13. The van der Waals surface area contributed by atoms with E-state index in [0.29, 0.717) is 11.3 Å². The van der Waals surface area contributed by atoms with Gasteiger partial charge >= 0.3 is 23.5 Å². The number of aromatic nitrogens is 4. The Labute approximate surface area is 203 Å². The van der Waals surface area contributed by atoms with Crippen molar-refractivity contribution in [2.45, 2.75) is 25.4 Å². The number of anilines is 2. The highest BCUT2D eigenvalue weighted by molar-refractivity contribution is 7.66. The SMILES string of the molecule is C=C[C@]1(C)[C@H](O)[C@@H](COP(=O)(O)OP(=O)(O)OP(=O)(O)O)O[C@H]1n1cnc2c(N(C)C)nc(N)nc21. The van der Waals surface area contributed by atoms with Crippen LogP contribution in [0.25, 0.3) is 11.2 Å². The Kier molecular flexibility index (Phi) is 7.86. The molecule has 2 unspecified atom stereocenters. The fourth-order valence-electron chi connectivity index (χ4n) is 3.52. The van der Waals surface area contributed by atoms with Gasteiger partial charge in [-0.3, -0.25) is 9.09 Å². The van der Waals surface area contributed by atoms with Crippen LogP contribution in [0.3, 0.4) is 0 Å². The van der Waals surface area contributed by atoms with Crippen LogP contribution in [0.1, 0.15) is 13.2 Å². The molecule has 1 fully saturated rings. The van der Waals surface area contributed by atoms with Crippen LogP contribution in [0, 0.1) is 5.41 Å². The number of nitrogen functional groups attached to an aromatic ring is 1. The maximum atomic E-state index is 12.1. The zero-order valence-corrected chi connectivity index (χ0v) is 21.7. The van der Waals surface area contributed by atoms with E-state index < -0.39 is 53.9 Å². The third kappa shape index (κ3) is 6.02. The van der Waals surface area contributed by atoms with Crippen molar-refractivity contribution in [3.8, 4) is 0 Å². The van der Waals surface area contributed by atoms with E-state index >= 15 is 0 Å². The van der Waals surface area contributed by atoms with E-state index in [9.17, 15) is 28.6 Å². The molecular weight excluding hydrogens is 549 g/mol. The van der Waals surface area contributed by atoms with Crippen LogP contribution in [0.5, 0.6) is 0 Å². The van der Waals surface area contributed by atoms with Gasteiger partial charge in [0.25, 0.3) is 0 Å². The van der Waals surface area contributed by atoms with Crippen LogP contribution < -0.4 is 10.6 Å². The lowest BCUT2D eigenvalue weighted by Gasteiger charge is -2.29. The number of aliphatic hydroxyl groups excluding tert-OH is 1. The second-order valence-corrected chi connectivity index (χ2v) is 12.5. The molecule has 2 aromatic rings. The van der Waals surface area contributed by atoms with Gasteiger partial charge in [0.1, 0.15) is 12.3 Å². The lowest BCUT2D eigenvalue weighted by atomic mass is 9.82. The van der Waals surface area contributed by atoms with E-state index in [0.717, 1.165) is 0 Å². The predicted molar refractivity (Wildman–Crippen MR) is 122 cm³/mol. The summed E-state index contributed by atoms with van der Waals surface area (Å²) in [5.74, 6) is 0.357. The highest BCUT2D eigenvalue weighted by Gasteiger charge is 2.53. The Hall–Kier alpha value is -1.78. The van der Waals surface area contributed by atoms with Crippen LogP contribution >= 0.6 is 23.5 Å². The van der Waals surface area contributed by atoms with Crippen molar-refractivity contribution in [2.75, 3.05) is 31.3 Å². The highest BCUT2D eigenvalue weighted by Crippen LogP contribution is 2.66. The minimum Gasteiger partial charge on any atom is -0.389 e. The number of ether oxygens (including phenoxy) is 1. The molecule has 0 amide bonds. The first-order valence-corrected chi connectivity index (χ1v) is 14.3. The van der Waals surface area contributed by atoms with Crippen molar-refractivity contribution in [2.24, 2.45) is 5.41 Å². The molecule has 3 heterocycles. The van der Waals surface area contributed by atoms with Crippen LogP contribution in [0.15, 0.2) is 19.0 Å². The van der Waals surface area contributed by atoms with Gasteiger partial charge in [-0.05, 0) is 6.92 Å². The molecule has 0 spiro atoms. The minimum atomic E-state index is -5.70. The van der Waals surface area contributed by atoms with E-state index in [1.807, 2.05) is 0 Å². The molecular formula is C15H25N6O12P3. The van der Waals surface area contributed by atoms with E-state index in [1.54, 1.807) is 25.9 Å². The Morgan fingerprint density at radius 1 is 1.22 bits per heavy atom. The zero-order valence-electron chi connectivity index (χ0n) is 19.0. The summed E-state index contributed by atoms with van der Waals surface area (Å²) in [5, 5.41) is 10.9. The van der Waals surface area contributed by atoms with Gasteiger partial charge in [0.05, 0.1) is 24.5 Å². The van der Waals surface area contributed by atoms with Crippen LogP contribution in [0.2, 0.25) is 0 Å². The molecule has 21 heteroatoms. The molecule has 0 bridgehead atoms. The molecule has 7 N–H and O–H groups in total. The molecule has 0 aromatic carbocycles. The van der Waals surface area contributed by atoms with Gasteiger partial charge in [-0.1, -0.05) is 6.08 Å². The fourth-order valence-corrected chi connectivity index (χ4v) is 6.55. The summed E-state index contributed by atoms with van der Waals surface area (Å²) >= 11 is 0. The van der Waals surface area contributed by atoms with Gasteiger partial charge in [-0.25, -0.2) is 18.7 Å². The smallest absolute Gasteiger partial charge is 0.389 e. The lowest BCUT2D eigenvalue weighted by Crippen LogP contribution is -2.37. The Balaban J connectivity index is 1.86. The van der Waals surface area contributed by atoms with Gasteiger partial charge in [0.2, 0.25) is 5.95 Å². The molecule has 6 atom stereocenters. The van der Waals surface area contributed by atoms with E-state index in [1.165, 1.54) is 17.0 Å². The first-order valence-electron chi connectivity index (χ1n) is 9.82. The van der Waals surface area contributed by atoms with Crippen molar-refractivity contribution in [1.29, 1.82) is 0 Å². The average molecular weight is 574 g/mol. The molecule has 0 saturated carbocycles. The fraction of sp³-hybridized carbons (Fsp3) is 0.533. The molecule has 202 valence electrons. The summed E-state index contributed by atoms with van der Waals surface area (Å²) in [6.45, 7) is 4.43. The predicted octanol–water partition coefficient (Wildman–Crippen LogP) is 0.268. The minimum absolute atomic E-state index is 0.0592. The normalized spacial score (nSPS) is 28.1. The molecule has 2 aromatic heterocycles. The number of nitrogens with zero attached hydrogens (tertiary/aromatic N) is 5. The third-order valence-electron chi connectivity index (χ3n) is 5.18. The second-order valence-electron chi connectivity index (χ2n) is 8.05. The quantitative estimate of drug-likeness (QED) is 0.164. The molecule has 0 aliphatic carbocycles. The second kappa shape index (κ2) is 9.83. The molecule has 1 aliphatic heterocycles. The number of fused-ring (bicyclic) bond motifs is 1. The van der Waals surface area contributed by atoms with E-state index in [4.69, 9.17) is 20.3 Å². The standard InChI is InChI=1S/C15H25N6O12P3/c1-5-15(2)10(22)8(6-30-35(26,27)33-36(28,29)32-34(23,24)25)31-13(15)21-7-17-9-11(20(3)4)18-14(16)19-12(9)21/h5,7-8,10,13,22H,1,6H2,2-4H3,(H,26,27)(H,28,29)(H2,16,18,19)(H2,23,24,25)/t8-,10-,13-,15-/m1/s1. The highest BCUT2D eigenvalue weighted by atomic mass is 31.3. The van der Waals surface area contributed by atoms with E-state index in [2.05, 4.69) is 34.7 Å². The number of nitrogens with two attached hydrogens (primary N) is 1. The van der Waals surface area contributed by atoms with Gasteiger partial charge < -0.3 is 40.1 Å². The van der Waals surface area contributed by atoms with Crippen molar-refractivity contribution in [1.82, 2.24) is 19.5 Å². The molecule has 1 saturated heterocycles. The summed E-state index contributed by atoms with van der Waals surface area (Å²) in [5.41, 5.74) is 5.22. The monoisotopic (exact) mass is 574 g/mol. The summed E-state index contributed by atoms with van der Waals surface area (Å²) in [6, 6.07) is 0. The van der Waals surface area contributed by atoms with Crippen LogP contribution in [-0.2, 0) is 31.6 Å². The Morgan fingerprint density at radius 2 is 1.86 bits per heavy atom. The Morgan fingerprint density at radius 3 is 2.42 bits per heavy atom. The van der Waals surface area contributed by atoms with Gasteiger partial charge in [-0.2, -0.15) is 18.6 Å². The number of aliphatic hydroxyl groups is 1. The number of phosphoric acid groups is 3. The van der Waals surface area contributed by atoms with Gasteiger partial charge in [0.15, 0.2) is 17.0 Å². The summed E-state index contributed by atoms with van der Waals surface area (Å²) in [7, 11) is -13.2. The van der Waals surface area contributed by atoms with Gasteiger partial charge in [-0.15, -0.1) is 6.58 Å².